The molecular formula is C8H8O5. The Bertz CT molecular complexity index is 314. The quantitative estimate of drug-likeness (QED) is 0.492. The molecule has 2 N–H and O–H groups in total. The lowest BCUT2D eigenvalue weighted by atomic mass is 10.1. The second kappa shape index (κ2) is 3.97. The molecule has 0 aliphatic carbocycles. The first-order chi connectivity index (χ1) is 6.20. The second-order valence-electron chi connectivity index (χ2n) is 2.38. The van der Waals surface area contributed by atoms with Crippen LogP contribution in [-0.2, 0) is 0 Å². The maximum absolute atomic E-state index is 11.2. The summed E-state index contributed by atoms with van der Waals surface area (Å²) in [6.07, 6.45) is 0.0366. The van der Waals surface area contributed by atoms with Crippen molar-refractivity contribution in [2.75, 3.05) is 6.61 Å². The lowest BCUT2D eigenvalue weighted by Crippen LogP contribution is -2.24. The van der Waals surface area contributed by atoms with Gasteiger partial charge in [-0.1, -0.05) is 0 Å². The van der Waals surface area contributed by atoms with E-state index in [-0.39, 0.29) is 11.3 Å². The van der Waals surface area contributed by atoms with Crippen molar-refractivity contribution in [1.82, 2.24) is 0 Å². The molecule has 1 aromatic rings. The predicted octanol–water partition coefficient (Wildman–Crippen LogP) is -0.372. The van der Waals surface area contributed by atoms with Crippen molar-refractivity contribution in [2.24, 2.45) is 0 Å². The largest absolute Gasteiger partial charge is 0.461 e. The van der Waals surface area contributed by atoms with Crippen LogP contribution in [0.5, 0.6) is 0 Å². The molecule has 70 valence electrons. The molecule has 0 aromatic carbocycles. The molecular weight excluding hydrogens is 176 g/mol. The Morgan fingerprint density at radius 3 is 2.92 bits per heavy atom. The third-order valence-corrected chi connectivity index (χ3v) is 1.54. The van der Waals surface area contributed by atoms with Gasteiger partial charge in [-0.3, -0.25) is 9.59 Å². The summed E-state index contributed by atoms with van der Waals surface area (Å²) in [6, 6.07) is 1.27. The smallest absolute Gasteiger partial charge is 0.197 e. The van der Waals surface area contributed by atoms with Crippen molar-refractivity contribution in [2.45, 2.75) is 6.10 Å². The third kappa shape index (κ3) is 1.82. The monoisotopic (exact) mass is 184 g/mol. The SMILES string of the molecule is O=Cc1occc1C(=O)C(O)CO. The fourth-order valence-corrected chi connectivity index (χ4v) is 0.878. The zero-order chi connectivity index (χ0) is 9.84. The molecule has 1 atom stereocenters. The fourth-order valence-electron chi connectivity index (χ4n) is 0.878. The Hall–Kier alpha value is -1.46. The summed E-state index contributed by atoms with van der Waals surface area (Å²) in [4.78, 5) is 21.5. The maximum Gasteiger partial charge on any atom is 0.197 e. The lowest BCUT2D eigenvalue weighted by Gasteiger charge is -2.03. The highest BCUT2D eigenvalue weighted by Crippen LogP contribution is 2.10. The molecule has 13 heavy (non-hydrogen) atoms. The van der Waals surface area contributed by atoms with Crippen LogP contribution in [0.25, 0.3) is 0 Å². The van der Waals surface area contributed by atoms with Gasteiger partial charge in [0.2, 0.25) is 0 Å². The Morgan fingerprint density at radius 2 is 2.38 bits per heavy atom. The molecule has 1 heterocycles. The van der Waals surface area contributed by atoms with Crippen molar-refractivity contribution < 1.29 is 24.2 Å². The Labute approximate surface area is 73.6 Å². The zero-order valence-corrected chi connectivity index (χ0v) is 6.64. The van der Waals surface area contributed by atoms with Crippen LogP contribution < -0.4 is 0 Å². The van der Waals surface area contributed by atoms with Crippen molar-refractivity contribution in [3.8, 4) is 0 Å². The summed E-state index contributed by atoms with van der Waals surface area (Å²) in [7, 11) is 0. The van der Waals surface area contributed by atoms with E-state index >= 15 is 0 Å². The molecule has 1 rings (SSSR count). The van der Waals surface area contributed by atoms with Gasteiger partial charge < -0.3 is 14.6 Å². The van der Waals surface area contributed by atoms with E-state index in [2.05, 4.69) is 4.42 Å². The van der Waals surface area contributed by atoms with Gasteiger partial charge in [0.05, 0.1) is 18.4 Å². The molecule has 0 saturated carbocycles. The standard InChI is InChI=1S/C8H8O5/c9-3-6(11)8(12)5-1-2-13-7(5)4-10/h1-2,4,6,9,11H,3H2. The fraction of sp³-hybridized carbons (Fsp3) is 0.250. The minimum Gasteiger partial charge on any atom is -0.461 e. The normalized spacial score (nSPS) is 12.5. The van der Waals surface area contributed by atoms with Crippen LogP contribution in [0.3, 0.4) is 0 Å². The van der Waals surface area contributed by atoms with E-state index in [9.17, 15) is 9.59 Å². The van der Waals surface area contributed by atoms with Crippen molar-refractivity contribution in [3.63, 3.8) is 0 Å². The molecule has 0 saturated heterocycles. The van der Waals surface area contributed by atoms with Gasteiger partial charge >= 0.3 is 0 Å². The van der Waals surface area contributed by atoms with Crippen LogP contribution in [-0.4, -0.2) is 35.0 Å². The first kappa shape index (κ1) is 9.63. The number of furan rings is 1. The van der Waals surface area contributed by atoms with E-state index in [1.54, 1.807) is 0 Å². The summed E-state index contributed by atoms with van der Waals surface area (Å²) in [5.74, 6) is -0.865. The molecule has 0 bridgehead atoms. The molecule has 0 amide bonds. The van der Waals surface area contributed by atoms with Crippen molar-refractivity contribution in [1.29, 1.82) is 0 Å². The van der Waals surface area contributed by atoms with Gasteiger partial charge in [0, 0.05) is 0 Å². The second-order valence-corrected chi connectivity index (χ2v) is 2.38. The van der Waals surface area contributed by atoms with Gasteiger partial charge in [0.25, 0.3) is 0 Å². The van der Waals surface area contributed by atoms with Gasteiger partial charge in [0.15, 0.2) is 17.8 Å². The summed E-state index contributed by atoms with van der Waals surface area (Å²) >= 11 is 0. The van der Waals surface area contributed by atoms with Gasteiger partial charge in [-0.2, -0.15) is 0 Å². The third-order valence-electron chi connectivity index (χ3n) is 1.54. The number of rotatable bonds is 4. The number of aldehydes is 1. The topological polar surface area (TPSA) is 87.7 Å². The molecule has 0 aliphatic heterocycles. The maximum atomic E-state index is 11.2. The van der Waals surface area contributed by atoms with E-state index in [0.717, 1.165) is 0 Å². The van der Waals surface area contributed by atoms with Gasteiger partial charge in [-0.05, 0) is 6.07 Å². The van der Waals surface area contributed by atoms with E-state index in [4.69, 9.17) is 10.2 Å². The summed E-state index contributed by atoms with van der Waals surface area (Å²) in [5, 5.41) is 17.4. The van der Waals surface area contributed by atoms with Gasteiger partial charge in [-0.25, -0.2) is 0 Å². The van der Waals surface area contributed by atoms with E-state index in [0.29, 0.717) is 6.29 Å². The van der Waals surface area contributed by atoms with E-state index in [1.165, 1.54) is 12.3 Å². The Morgan fingerprint density at radius 1 is 1.69 bits per heavy atom. The molecule has 0 spiro atoms. The highest BCUT2D eigenvalue weighted by atomic mass is 16.3. The molecule has 0 aliphatic rings. The number of carbonyl (C=O) groups is 2. The van der Waals surface area contributed by atoms with Crippen molar-refractivity contribution in [3.05, 3.63) is 23.7 Å². The molecule has 1 aromatic heterocycles. The van der Waals surface area contributed by atoms with Crippen molar-refractivity contribution >= 4 is 12.1 Å². The highest BCUT2D eigenvalue weighted by molar-refractivity contribution is 6.04. The van der Waals surface area contributed by atoms with E-state index in [1.807, 2.05) is 0 Å². The van der Waals surface area contributed by atoms with Gasteiger partial charge in [-0.15, -0.1) is 0 Å². The molecule has 5 nitrogen and oxygen atoms in total. The molecule has 0 radical (unpaired) electrons. The first-order valence-electron chi connectivity index (χ1n) is 3.56. The van der Waals surface area contributed by atoms with Crippen LogP contribution in [0.4, 0.5) is 0 Å². The first-order valence-corrected chi connectivity index (χ1v) is 3.56. The Kier molecular flexibility index (Phi) is 2.94. The predicted molar refractivity (Wildman–Crippen MR) is 41.5 cm³/mol. The lowest BCUT2D eigenvalue weighted by molar-refractivity contribution is 0.0585. The molecule has 0 fully saturated rings. The van der Waals surface area contributed by atoms with Crippen LogP contribution in [0.15, 0.2) is 16.7 Å². The van der Waals surface area contributed by atoms with Crippen LogP contribution in [0, 0.1) is 0 Å². The minimum atomic E-state index is -1.50. The van der Waals surface area contributed by atoms with Crippen LogP contribution in [0.1, 0.15) is 20.9 Å². The van der Waals surface area contributed by atoms with Crippen LogP contribution >= 0.6 is 0 Å². The number of aliphatic hydroxyl groups is 2. The molecule has 1 unspecified atom stereocenters. The average molecular weight is 184 g/mol. The number of ketones is 1. The van der Waals surface area contributed by atoms with E-state index < -0.39 is 18.5 Å². The number of hydrogen-bond acceptors (Lipinski definition) is 5. The number of aliphatic hydroxyl groups excluding tert-OH is 2. The number of hydrogen-bond donors (Lipinski definition) is 2. The molecule has 5 heteroatoms. The van der Waals surface area contributed by atoms with Crippen LogP contribution in [0.2, 0.25) is 0 Å². The summed E-state index contributed by atoms with van der Waals surface area (Å²) < 4.78 is 4.65. The Balaban J connectivity index is 2.94. The number of Topliss-reactive ketones (excluding diaryl/α,β-unsaturated/α-hetero) is 1. The highest BCUT2D eigenvalue weighted by Gasteiger charge is 2.20. The number of carbonyl (C=O) groups excluding carboxylic acids is 2. The summed E-state index contributed by atoms with van der Waals surface area (Å²) in [5.41, 5.74) is -0.0171. The zero-order valence-electron chi connectivity index (χ0n) is 6.64. The minimum absolute atomic E-state index is 0.0171. The summed E-state index contributed by atoms with van der Waals surface area (Å²) in [6.45, 7) is -0.678. The van der Waals surface area contributed by atoms with Gasteiger partial charge in [0.1, 0.15) is 6.10 Å². The average Bonchev–Trinajstić information content (AvgIpc) is 2.62.